The number of amides is 2. The standard InChI is InChI=1S/C30H32N2O4/c33-29(21-35-27-17-9-13-23-11-3-5-15-25(23)27)31-19-7-1-2-8-20-32-30(34)22-36-28-18-10-14-24-12-4-6-16-26(24)28/h3-6,9-18H,1-2,7-8,19-22H2,(H,31,33)(H,32,34). The number of ether oxygens (including phenoxy) is 2. The molecule has 0 aliphatic carbocycles. The summed E-state index contributed by atoms with van der Waals surface area (Å²) in [6.45, 7) is 1.23. The van der Waals surface area contributed by atoms with E-state index in [-0.39, 0.29) is 25.0 Å². The van der Waals surface area contributed by atoms with E-state index < -0.39 is 0 Å². The lowest BCUT2D eigenvalue weighted by atomic mass is 10.1. The molecule has 6 heteroatoms. The number of unbranched alkanes of at least 4 members (excludes halogenated alkanes) is 3. The number of rotatable bonds is 13. The summed E-state index contributed by atoms with van der Waals surface area (Å²) in [6.07, 6.45) is 3.73. The molecule has 36 heavy (non-hydrogen) atoms. The van der Waals surface area contributed by atoms with Crippen molar-refractivity contribution in [1.29, 1.82) is 0 Å². The van der Waals surface area contributed by atoms with Crippen molar-refractivity contribution in [2.75, 3.05) is 26.3 Å². The highest BCUT2D eigenvalue weighted by Crippen LogP contribution is 2.25. The van der Waals surface area contributed by atoms with Crippen LogP contribution in [0.15, 0.2) is 84.9 Å². The summed E-state index contributed by atoms with van der Waals surface area (Å²) in [5, 5.41) is 9.98. The Morgan fingerprint density at radius 3 is 1.42 bits per heavy atom. The van der Waals surface area contributed by atoms with Gasteiger partial charge in [0, 0.05) is 23.9 Å². The van der Waals surface area contributed by atoms with Gasteiger partial charge in [-0.05, 0) is 35.7 Å². The van der Waals surface area contributed by atoms with Gasteiger partial charge in [0.15, 0.2) is 13.2 Å². The Balaban J connectivity index is 1.03. The lowest BCUT2D eigenvalue weighted by molar-refractivity contribution is -0.123. The first-order valence-electron chi connectivity index (χ1n) is 12.5. The van der Waals surface area contributed by atoms with Gasteiger partial charge >= 0.3 is 0 Å². The maximum Gasteiger partial charge on any atom is 0.257 e. The molecule has 0 heterocycles. The van der Waals surface area contributed by atoms with E-state index in [0.29, 0.717) is 24.6 Å². The normalized spacial score (nSPS) is 10.8. The second kappa shape index (κ2) is 13.1. The summed E-state index contributed by atoms with van der Waals surface area (Å²) in [7, 11) is 0. The minimum atomic E-state index is -0.124. The number of hydrogen-bond donors (Lipinski definition) is 2. The third-order valence-corrected chi connectivity index (χ3v) is 5.96. The predicted molar refractivity (Wildman–Crippen MR) is 143 cm³/mol. The van der Waals surface area contributed by atoms with Gasteiger partial charge in [0.05, 0.1) is 0 Å². The number of benzene rings is 4. The molecule has 0 radical (unpaired) electrons. The van der Waals surface area contributed by atoms with Gasteiger partial charge in [0.1, 0.15) is 11.5 Å². The molecule has 6 nitrogen and oxygen atoms in total. The van der Waals surface area contributed by atoms with Crippen LogP contribution in [0.3, 0.4) is 0 Å². The van der Waals surface area contributed by atoms with E-state index in [1.165, 1.54) is 0 Å². The van der Waals surface area contributed by atoms with Crippen molar-refractivity contribution in [3.63, 3.8) is 0 Å². The van der Waals surface area contributed by atoms with E-state index in [1.807, 2.05) is 84.9 Å². The third kappa shape index (κ3) is 7.22. The molecule has 0 spiro atoms. The van der Waals surface area contributed by atoms with Crippen molar-refractivity contribution >= 4 is 33.4 Å². The second-order valence-corrected chi connectivity index (χ2v) is 8.65. The smallest absolute Gasteiger partial charge is 0.257 e. The summed E-state index contributed by atoms with van der Waals surface area (Å²) >= 11 is 0. The molecule has 4 aromatic carbocycles. The Morgan fingerprint density at radius 2 is 0.944 bits per heavy atom. The zero-order valence-electron chi connectivity index (χ0n) is 20.4. The van der Waals surface area contributed by atoms with Crippen LogP contribution in [-0.4, -0.2) is 38.1 Å². The van der Waals surface area contributed by atoms with Crippen molar-refractivity contribution in [1.82, 2.24) is 10.6 Å². The van der Waals surface area contributed by atoms with Crippen LogP contribution in [-0.2, 0) is 9.59 Å². The largest absolute Gasteiger partial charge is 0.483 e. The fourth-order valence-electron chi connectivity index (χ4n) is 4.09. The average Bonchev–Trinajstić information content (AvgIpc) is 2.92. The van der Waals surface area contributed by atoms with E-state index in [2.05, 4.69) is 10.6 Å². The molecular weight excluding hydrogens is 452 g/mol. The molecule has 4 rings (SSSR count). The van der Waals surface area contributed by atoms with Crippen LogP contribution in [0, 0.1) is 0 Å². The zero-order chi connectivity index (χ0) is 25.0. The molecule has 0 saturated heterocycles. The SMILES string of the molecule is O=C(COc1cccc2ccccc12)NCCCCCCNC(=O)COc1cccc2ccccc12. The molecule has 186 valence electrons. The predicted octanol–water partition coefficient (Wildman–Crippen LogP) is 5.24. The fourth-order valence-corrected chi connectivity index (χ4v) is 4.09. The lowest BCUT2D eigenvalue weighted by Crippen LogP contribution is -2.30. The zero-order valence-corrected chi connectivity index (χ0v) is 20.4. The Labute approximate surface area is 211 Å². The van der Waals surface area contributed by atoms with E-state index in [0.717, 1.165) is 47.2 Å². The van der Waals surface area contributed by atoms with Gasteiger partial charge in [-0.1, -0.05) is 85.6 Å². The summed E-state index contributed by atoms with van der Waals surface area (Å²) in [5.41, 5.74) is 0. The van der Waals surface area contributed by atoms with E-state index in [4.69, 9.17) is 9.47 Å². The monoisotopic (exact) mass is 484 g/mol. The highest BCUT2D eigenvalue weighted by molar-refractivity contribution is 5.89. The van der Waals surface area contributed by atoms with Crippen molar-refractivity contribution in [2.45, 2.75) is 25.7 Å². The molecule has 0 aliphatic rings. The second-order valence-electron chi connectivity index (χ2n) is 8.65. The molecule has 2 amide bonds. The van der Waals surface area contributed by atoms with Gasteiger partial charge in [-0.15, -0.1) is 0 Å². The summed E-state index contributed by atoms with van der Waals surface area (Å²) in [5.74, 6) is 1.18. The van der Waals surface area contributed by atoms with Crippen LogP contribution < -0.4 is 20.1 Å². The molecule has 0 saturated carbocycles. The summed E-state index contributed by atoms with van der Waals surface area (Å²) in [6, 6.07) is 27.6. The Bertz CT molecular complexity index is 1190. The Morgan fingerprint density at radius 1 is 0.528 bits per heavy atom. The minimum absolute atomic E-state index is 0.000878. The maximum absolute atomic E-state index is 12.1. The van der Waals surface area contributed by atoms with Gasteiger partial charge < -0.3 is 20.1 Å². The maximum atomic E-state index is 12.1. The molecule has 0 aliphatic heterocycles. The Kier molecular flexibility index (Phi) is 9.14. The molecule has 2 N–H and O–H groups in total. The average molecular weight is 485 g/mol. The number of nitrogens with one attached hydrogen (secondary N) is 2. The van der Waals surface area contributed by atoms with Crippen molar-refractivity contribution < 1.29 is 19.1 Å². The van der Waals surface area contributed by atoms with Gasteiger partial charge in [-0.2, -0.15) is 0 Å². The lowest BCUT2D eigenvalue weighted by Gasteiger charge is -2.10. The highest BCUT2D eigenvalue weighted by atomic mass is 16.5. The van der Waals surface area contributed by atoms with Crippen LogP contribution in [0.1, 0.15) is 25.7 Å². The van der Waals surface area contributed by atoms with E-state index >= 15 is 0 Å². The van der Waals surface area contributed by atoms with Crippen LogP contribution in [0.5, 0.6) is 11.5 Å². The molecule has 4 aromatic rings. The first kappa shape index (κ1) is 25.0. The molecule has 0 atom stereocenters. The quantitative estimate of drug-likeness (QED) is 0.254. The molecule has 0 bridgehead atoms. The first-order valence-corrected chi connectivity index (χ1v) is 12.5. The highest BCUT2D eigenvalue weighted by Gasteiger charge is 2.07. The molecule has 0 aromatic heterocycles. The number of fused-ring (bicyclic) bond motifs is 2. The number of carbonyl (C=O) groups excluding carboxylic acids is 2. The van der Waals surface area contributed by atoms with Crippen LogP contribution in [0.4, 0.5) is 0 Å². The van der Waals surface area contributed by atoms with Crippen LogP contribution >= 0.6 is 0 Å². The van der Waals surface area contributed by atoms with Gasteiger partial charge in [-0.3, -0.25) is 9.59 Å². The number of hydrogen-bond acceptors (Lipinski definition) is 4. The van der Waals surface area contributed by atoms with Gasteiger partial charge in [0.2, 0.25) is 0 Å². The topological polar surface area (TPSA) is 76.7 Å². The van der Waals surface area contributed by atoms with Gasteiger partial charge in [-0.25, -0.2) is 0 Å². The third-order valence-electron chi connectivity index (χ3n) is 5.96. The van der Waals surface area contributed by atoms with Crippen molar-refractivity contribution in [3.8, 4) is 11.5 Å². The Hall–Kier alpha value is -4.06. The fraction of sp³-hybridized carbons (Fsp3) is 0.267. The van der Waals surface area contributed by atoms with E-state index in [1.54, 1.807) is 0 Å². The molecule has 0 unspecified atom stereocenters. The minimum Gasteiger partial charge on any atom is -0.483 e. The van der Waals surface area contributed by atoms with Crippen molar-refractivity contribution in [2.24, 2.45) is 0 Å². The molecule has 0 fully saturated rings. The summed E-state index contributed by atoms with van der Waals surface area (Å²) < 4.78 is 11.4. The molecular formula is C30H32N2O4. The summed E-state index contributed by atoms with van der Waals surface area (Å²) in [4.78, 5) is 24.2. The first-order chi connectivity index (χ1) is 17.7. The van der Waals surface area contributed by atoms with Gasteiger partial charge in [0.25, 0.3) is 11.8 Å². The van der Waals surface area contributed by atoms with E-state index in [9.17, 15) is 9.59 Å². The van der Waals surface area contributed by atoms with Crippen molar-refractivity contribution in [3.05, 3.63) is 84.9 Å². The number of carbonyl (C=O) groups is 2. The van der Waals surface area contributed by atoms with Crippen LogP contribution in [0.25, 0.3) is 21.5 Å². The van der Waals surface area contributed by atoms with Crippen LogP contribution in [0.2, 0.25) is 0 Å².